The van der Waals surface area contributed by atoms with Crippen molar-refractivity contribution in [3.05, 3.63) is 53.6 Å². The Morgan fingerprint density at radius 2 is 1.84 bits per heavy atom. The zero-order valence-electron chi connectivity index (χ0n) is 14.2. The van der Waals surface area contributed by atoms with Gasteiger partial charge in [0.1, 0.15) is 10.6 Å². The van der Waals surface area contributed by atoms with Gasteiger partial charge in [0, 0.05) is 23.4 Å². The third-order valence-electron chi connectivity index (χ3n) is 4.26. The van der Waals surface area contributed by atoms with Crippen molar-refractivity contribution in [2.24, 2.45) is 4.40 Å². The van der Waals surface area contributed by atoms with Gasteiger partial charge in [-0.2, -0.15) is 8.42 Å². The third-order valence-corrected chi connectivity index (χ3v) is 5.60. The molecule has 0 saturated carbocycles. The van der Waals surface area contributed by atoms with Crippen LogP contribution in [0.25, 0.3) is 0 Å². The summed E-state index contributed by atoms with van der Waals surface area (Å²) in [6.07, 6.45) is 0. The Kier molecular flexibility index (Phi) is 4.78. The second-order valence-electron chi connectivity index (χ2n) is 5.84. The largest absolute Gasteiger partial charge is 0.508 e. The summed E-state index contributed by atoms with van der Waals surface area (Å²) in [7, 11) is -3.65. The van der Waals surface area contributed by atoms with Gasteiger partial charge in [-0.1, -0.05) is 26.0 Å². The number of aromatic hydroxyl groups is 1. The number of anilines is 1. The van der Waals surface area contributed by atoms with Crippen LogP contribution in [0, 0.1) is 0 Å². The first-order valence-corrected chi connectivity index (χ1v) is 9.64. The zero-order chi connectivity index (χ0) is 18.0. The molecule has 0 bridgehead atoms. The number of rotatable bonds is 5. The molecule has 2 aromatic rings. The van der Waals surface area contributed by atoms with Crippen LogP contribution in [0.2, 0.25) is 0 Å². The van der Waals surface area contributed by atoms with Gasteiger partial charge in [-0.25, -0.2) is 0 Å². The van der Waals surface area contributed by atoms with E-state index in [0.29, 0.717) is 23.6 Å². The minimum atomic E-state index is -3.65. The van der Waals surface area contributed by atoms with Crippen LogP contribution in [0.3, 0.4) is 0 Å². The van der Waals surface area contributed by atoms with Gasteiger partial charge < -0.3 is 10.4 Å². The molecule has 3 rings (SSSR count). The van der Waals surface area contributed by atoms with Crippen molar-refractivity contribution in [2.75, 3.05) is 18.4 Å². The molecule has 0 radical (unpaired) electrons. The predicted octanol–water partition coefficient (Wildman–Crippen LogP) is 2.80. The maximum atomic E-state index is 12.1. The summed E-state index contributed by atoms with van der Waals surface area (Å²) in [6, 6.07) is 11.9. The van der Waals surface area contributed by atoms with Crippen LogP contribution in [-0.4, -0.2) is 37.3 Å². The standard InChI is InChI=1S/C18H21N3O3S/c1-3-21(4-2)12-13-11-14(9-10-16(13)22)19-18-15-7-5-6-8-17(15)25(23,24)20-18/h5-11,22H,3-4,12H2,1-2H3,(H,19,20). The lowest BCUT2D eigenvalue weighted by atomic mass is 10.1. The second kappa shape index (κ2) is 6.85. The number of hydrogen-bond acceptors (Lipinski definition) is 5. The molecule has 7 heteroatoms. The lowest BCUT2D eigenvalue weighted by Gasteiger charge is -2.19. The van der Waals surface area contributed by atoms with E-state index in [2.05, 4.69) is 28.5 Å². The molecule has 0 amide bonds. The van der Waals surface area contributed by atoms with E-state index in [1.165, 1.54) is 0 Å². The zero-order valence-corrected chi connectivity index (χ0v) is 15.0. The van der Waals surface area contributed by atoms with Gasteiger partial charge in [0.15, 0.2) is 5.84 Å². The highest BCUT2D eigenvalue weighted by Crippen LogP contribution is 2.28. The van der Waals surface area contributed by atoms with E-state index in [0.717, 1.165) is 18.7 Å². The van der Waals surface area contributed by atoms with E-state index in [-0.39, 0.29) is 10.6 Å². The molecular formula is C18H21N3O3S. The summed E-state index contributed by atoms with van der Waals surface area (Å²) in [5.74, 6) is 0.522. The topological polar surface area (TPSA) is 82.0 Å². The van der Waals surface area contributed by atoms with Crippen LogP contribution in [0.15, 0.2) is 51.8 Å². The van der Waals surface area contributed by atoms with Crippen LogP contribution in [0.4, 0.5) is 5.69 Å². The number of sulfonamides is 1. The summed E-state index contributed by atoms with van der Waals surface area (Å²) in [5.41, 5.74) is 2.02. The SMILES string of the molecule is CCN(CC)Cc1cc(NC2=NS(=O)(=O)c3ccccc32)ccc1O. The predicted molar refractivity (Wildman–Crippen MR) is 98.5 cm³/mol. The van der Waals surface area contributed by atoms with Gasteiger partial charge in [-0.3, -0.25) is 4.90 Å². The van der Waals surface area contributed by atoms with Gasteiger partial charge >= 0.3 is 0 Å². The number of hydrogen-bond donors (Lipinski definition) is 2. The van der Waals surface area contributed by atoms with Crippen LogP contribution < -0.4 is 5.32 Å². The van der Waals surface area contributed by atoms with Crippen molar-refractivity contribution >= 4 is 21.5 Å². The quantitative estimate of drug-likeness (QED) is 0.802. The molecule has 1 aliphatic rings. The van der Waals surface area contributed by atoms with Crippen LogP contribution in [0.1, 0.15) is 25.0 Å². The average molecular weight is 359 g/mol. The molecule has 0 atom stereocenters. The number of amidine groups is 1. The molecule has 0 saturated heterocycles. The van der Waals surface area contributed by atoms with Gasteiger partial charge in [-0.05, 0) is 43.4 Å². The molecule has 1 aliphatic heterocycles. The highest BCUT2D eigenvalue weighted by molar-refractivity contribution is 7.90. The number of fused-ring (bicyclic) bond motifs is 1. The molecule has 0 aromatic heterocycles. The second-order valence-corrected chi connectivity index (χ2v) is 7.41. The van der Waals surface area contributed by atoms with E-state index in [1.54, 1.807) is 36.4 Å². The van der Waals surface area contributed by atoms with Crippen molar-refractivity contribution in [3.63, 3.8) is 0 Å². The Labute approximate surface area is 147 Å². The minimum Gasteiger partial charge on any atom is -0.508 e. The number of phenols is 1. The Morgan fingerprint density at radius 3 is 2.56 bits per heavy atom. The molecule has 132 valence electrons. The molecule has 2 N–H and O–H groups in total. The molecule has 0 unspecified atom stereocenters. The molecule has 0 aliphatic carbocycles. The summed E-state index contributed by atoms with van der Waals surface area (Å²) in [5, 5.41) is 13.2. The lowest BCUT2D eigenvalue weighted by Crippen LogP contribution is -2.22. The Morgan fingerprint density at radius 1 is 1.12 bits per heavy atom. The maximum absolute atomic E-state index is 12.1. The molecule has 0 fully saturated rings. The summed E-state index contributed by atoms with van der Waals surface area (Å²) < 4.78 is 28.1. The highest BCUT2D eigenvalue weighted by Gasteiger charge is 2.28. The molecular weight excluding hydrogens is 338 g/mol. The van der Waals surface area contributed by atoms with Crippen molar-refractivity contribution < 1.29 is 13.5 Å². The summed E-state index contributed by atoms with van der Waals surface area (Å²) in [4.78, 5) is 2.39. The minimum absolute atomic E-state index is 0.208. The molecule has 25 heavy (non-hydrogen) atoms. The summed E-state index contributed by atoms with van der Waals surface area (Å²) in [6.45, 7) is 6.52. The summed E-state index contributed by atoms with van der Waals surface area (Å²) >= 11 is 0. The van der Waals surface area contributed by atoms with Crippen molar-refractivity contribution in [2.45, 2.75) is 25.3 Å². The van der Waals surface area contributed by atoms with Crippen molar-refractivity contribution in [1.29, 1.82) is 0 Å². The highest BCUT2D eigenvalue weighted by atomic mass is 32.2. The molecule has 0 spiro atoms. The Balaban J connectivity index is 1.90. The fourth-order valence-corrected chi connectivity index (χ4v) is 3.99. The fourth-order valence-electron chi connectivity index (χ4n) is 2.81. The van der Waals surface area contributed by atoms with Gasteiger partial charge in [0.2, 0.25) is 0 Å². The van der Waals surface area contributed by atoms with Crippen LogP contribution in [0.5, 0.6) is 5.75 Å². The Hall–Kier alpha value is -2.38. The normalized spacial score (nSPS) is 15.1. The fraction of sp³-hybridized carbons (Fsp3) is 0.278. The smallest absolute Gasteiger partial charge is 0.285 e. The number of phenolic OH excluding ortho intramolecular Hbond substituents is 1. The molecule has 6 nitrogen and oxygen atoms in total. The van der Waals surface area contributed by atoms with E-state index < -0.39 is 10.0 Å². The Bertz CT molecular complexity index is 919. The van der Waals surface area contributed by atoms with Crippen molar-refractivity contribution in [1.82, 2.24) is 4.90 Å². The average Bonchev–Trinajstić information content (AvgIpc) is 2.86. The third kappa shape index (κ3) is 3.52. The van der Waals surface area contributed by atoms with Gasteiger partial charge in [0.05, 0.1) is 0 Å². The molecule has 1 heterocycles. The lowest BCUT2D eigenvalue weighted by molar-refractivity contribution is 0.291. The van der Waals surface area contributed by atoms with E-state index >= 15 is 0 Å². The number of nitrogens with one attached hydrogen (secondary N) is 1. The van der Waals surface area contributed by atoms with Crippen molar-refractivity contribution in [3.8, 4) is 5.75 Å². The first-order valence-electron chi connectivity index (χ1n) is 8.20. The van der Waals surface area contributed by atoms with Crippen LogP contribution in [-0.2, 0) is 16.6 Å². The first-order chi connectivity index (χ1) is 11.9. The van der Waals surface area contributed by atoms with E-state index in [1.807, 2.05) is 6.07 Å². The molecule has 2 aromatic carbocycles. The first kappa shape index (κ1) is 17.4. The monoisotopic (exact) mass is 359 g/mol. The van der Waals surface area contributed by atoms with Crippen LogP contribution >= 0.6 is 0 Å². The number of nitrogens with zero attached hydrogens (tertiary/aromatic N) is 2. The van der Waals surface area contributed by atoms with Gasteiger partial charge in [0.25, 0.3) is 10.0 Å². The van der Waals surface area contributed by atoms with E-state index in [4.69, 9.17) is 0 Å². The van der Waals surface area contributed by atoms with Gasteiger partial charge in [-0.15, -0.1) is 4.40 Å². The van der Waals surface area contributed by atoms with E-state index in [9.17, 15) is 13.5 Å². The number of benzene rings is 2. The maximum Gasteiger partial charge on any atom is 0.285 e.